The predicted molar refractivity (Wildman–Crippen MR) is 104 cm³/mol. The Hall–Kier alpha value is -2.33. The lowest BCUT2D eigenvalue weighted by Crippen LogP contribution is -2.53. The Morgan fingerprint density at radius 1 is 1.31 bits per heavy atom. The monoisotopic (exact) mass is 397 g/mol. The standard InChI is InChI=1S/C22H27N3O4/c1-13-8-22(28)9-16-6-15(7-18(16)22)20(13)29-21(27)24-5-4-17(12-24)25-11-14(10-23)2-3-19(25)26/h2-3,11,13,15-18,20,28H,4-9,12H2,1H3. The van der Waals surface area contributed by atoms with Crippen LogP contribution < -0.4 is 5.56 Å². The second-order valence-electron chi connectivity index (χ2n) is 9.60. The summed E-state index contributed by atoms with van der Waals surface area (Å²) in [5, 5.41) is 20.0. The van der Waals surface area contributed by atoms with Gasteiger partial charge in [0.15, 0.2) is 0 Å². The highest BCUT2D eigenvalue weighted by Crippen LogP contribution is 2.62. The first kappa shape index (κ1) is 18.7. The highest BCUT2D eigenvalue weighted by molar-refractivity contribution is 5.68. The van der Waals surface area contributed by atoms with Crippen molar-refractivity contribution in [2.24, 2.45) is 23.7 Å². The summed E-state index contributed by atoms with van der Waals surface area (Å²) in [6, 6.07) is 4.83. The van der Waals surface area contributed by atoms with E-state index in [0.717, 1.165) is 19.3 Å². The van der Waals surface area contributed by atoms with Gasteiger partial charge < -0.3 is 19.3 Å². The minimum Gasteiger partial charge on any atom is -0.446 e. The minimum atomic E-state index is -0.550. The lowest BCUT2D eigenvalue weighted by atomic mass is 9.60. The number of likely N-dealkylation sites (tertiary alicyclic amines) is 1. The van der Waals surface area contributed by atoms with E-state index in [2.05, 4.69) is 13.0 Å². The van der Waals surface area contributed by atoms with Crippen LogP contribution in [0.5, 0.6) is 0 Å². The molecule has 3 saturated carbocycles. The number of rotatable bonds is 2. The van der Waals surface area contributed by atoms with E-state index in [1.165, 1.54) is 12.1 Å². The average molecular weight is 397 g/mol. The number of pyridine rings is 1. The van der Waals surface area contributed by atoms with Crippen LogP contribution in [-0.2, 0) is 4.74 Å². The van der Waals surface area contributed by atoms with E-state index in [-0.39, 0.29) is 29.7 Å². The van der Waals surface area contributed by atoms with Crippen molar-refractivity contribution < 1.29 is 14.6 Å². The Morgan fingerprint density at radius 3 is 2.93 bits per heavy atom. The van der Waals surface area contributed by atoms with Crippen molar-refractivity contribution in [3.05, 3.63) is 34.2 Å². The van der Waals surface area contributed by atoms with Gasteiger partial charge in [-0.3, -0.25) is 4.79 Å². The van der Waals surface area contributed by atoms with Crippen molar-refractivity contribution >= 4 is 6.09 Å². The molecule has 2 bridgehead atoms. The summed E-state index contributed by atoms with van der Waals surface area (Å²) in [6.45, 7) is 3.03. The molecule has 4 aliphatic rings. The van der Waals surface area contributed by atoms with Crippen LogP contribution in [-0.4, -0.2) is 45.5 Å². The number of ether oxygens (including phenoxy) is 1. The smallest absolute Gasteiger partial charge is 0.410 e. The maximum atomic E-state index is 12.9. The zero-order valence-corrected chi connectivity index (χ0v) is 16.7. The number of carbonyl (C=O) groups is 1. The fraction of sp³-hybridized carbons (Fsp3) is 0.682. The molecule has 7 nitrogen and oxygen atoms in total. The summed E-state index contributed by atoms with van der Waals surface area (Å²) < 4.78 is 7.57. The first-order valence-electron chi connectivity index (χ1n) is 10.7. The van der Waals surface area contributed by atoms with Gasteiger partial charge in [-0.25, -0.2) is 4.79 Å². The first-order valence-corrected chi connectivity index (χ1v) is 10.7. The van der Waals surface area contributed by atoms with Crippen molar-refractivity contribution in [3.63, 3.8) is 0 Å². The van der Waals surface area contributed by atoms with Crippen LogP contribution in [0.2, 0.25) is 0 Å². The predicted octanol–water partition coefficient (Wildman–Crippen LogP) is 2.29. The van der Waals surface area contributed by atoms with E-state index >= 15 is 0 Å². The highest BCUT2D eigenvalue weighted by Gasteiger charge is 2.62. The minimum absolute atomic E-state index is 0.140. The van der Waals surface area contributed by atoms with E-state index in [0.29, 0.717) is 49.2 Å². The van der Waals surface area contributed by atoms with E-state index in [1.54, 1.807) is 15.7 Å². The third-order valence-corrected chi connectivity index (χ3v) is 7.86. The van der Waals surface area contributed by atoms with Gasteiger partial charge in [0.05, 0.1) is 17.2 Å². The molecule has 2 heterocycles. The Bertz CT molecular complexity index is 937. The molecule has 29 heavy (non-hydrogen) atoms. The Morgan fingerprint density at radius 2 is 2.14 bits per heavy atom. The third kappa shape index (κ3) is 2.96. The summed E-state index contributed by atoms with van der Waals surface area (Å²) in [5.74, 6) is 1.46. The molecule has 7 heteroatoms. The molecule has 0 radical (unpaired) electrons. The second-order valence-corrected chi connectivity index (χ2v) is 9.60. The molecule has 7 unspecified atom stereocenters. The molecule has 5 rings (SSSR count). The zero-order valence-electron chi connectivity index (χ0n) is 16.7. The van der Waals surface area contributed by atoms with Gasteiger partial charge in [-0.2, -0.15) is 5.26 Å². The molecule has 7 atom stereocenters. The number of nitrogens with zero attached hydrogens (tertiary/aromatic N) is 3. The zero-order chi connectivity index (χ0) is 20.3. The van der Waals surface area contributed by atoms with Crippen LogP contribution in [0.4, 0.5) is 4.79 Å². The molecular weight excluding hydrogens is 370 g/mol. The quantitative estimate of drug-likeness (QED) is 0.826. The molecule has 3 aliphatic carbocycles. The third-order valence-electron chi connectivity index (χ3n) is 7.86. The summed E-state index contributed by atoms with van der Waals surface area (Å²) in [7, 11) is 0. The summed E-state index contributed by atoms with van der Waals surface area (Å²) in [4.78, 5) is 26.8. The van der Waals surface area contributed by atoms with Crippen LogP contribution >= 0.6 is 0 Å². The van der Waals surface area contributed by atoms with E-state index in [4.69, 9.17) is 10.00 Å². The van der Waals surface area contributed by atoms with E-state index in [9.17, 15) is 14.7 Å². The molecule has 0 aromatic carbocycles. The van der Waals surface area contributed by atoms with Crippen molar-refractivity contribution in [3.8, 4) is 6.07 Å². The summed E-state index contributed by atoms with van der Waals surface area (Å²) in [5.41, 5.74) is -0.276. The number of aliphatic hydroxyl groups is 1. The molecule has 1 aromatic heterocycles. The van der Waals surface area contributed by atoms with Gasteiger partial charge >= 0.3 is 6.09 Å². The van der Waals surface area contributed by atoms with Crippen LogP contribution in [0.25, 0.3) is 0 Å². The number of hydrogen-bond donors (Lipinski definition) is 1. The number of carbonyl (C=O) groups excluding carboxylic acids is 1. The molecule has 1 saturated heterocycles. The van der Waals surface area contributed by atoms with Crippen LogP contribution in [0.1, 0.15) is 50.6 Å². The van der Waals surface area contributed by atoms with Gasteiger partial charge in [0.25, 0.3) is 5.56 Å². The molecule has 0 spiro atoms. The van der Waals surface area contributed by atoms with Gasteiger partial charge in [-0.05, 0) is 61.8 Å². The number of nitriles is 1. The number of amides is 1. The van der Waals surface area contributed by atoms with Crippen molar-refractivity contribution in [1.82, 2.24) is 9.47 Å². The first-order chi connectivity index (χ1) is 13.9. The Labute approximate surface area is 169 Å². The number of fused-ring (bicyclic) bond motifs is 1. The molecule has 1 amide bonds. The lowest BCUT2D eigenvalue weighted by molar-refractivity contribution is -0.143. The highest BCUT2D eigenvalue weighted by atomic mass is 16.6. The summed E-state index contributed by atoms with van der Waals surface area (Å²) >= 11 is 0. The second kappa shape index (κ2) is 6.60. The maximum Gasteiger partial charge on any atom is 0.410 e. The molecule has 1 N–H and O–H groups in total. The molecule has 154 valence electrons. The van der Waals surface area contributed by atoms with Crippen LogP contribution in [0.3, 0.4) is 0 Å². The number of aromatic nitrogens is 1. The van der Waals surface area contributed by atoms with E-state index < -0.39 is 5.60 Å². The van der Waals surface area contributed by atoms with Gasteiger partial charge in [0.2, 0.25) is 0 Å². The van der Waals surface area contributed by atoms with Gasteiger partial charge in [0.1, 0.15) is 12.2 Å². The molecular formula is C22H27N3O4. The number of hydrogen-bond acceptors (Lipinski definition) is 5. The van der Waals surface area contributed by atoms with Gasteiger partial charge in [-0.15, -0.1) is 0 Å². The maximum absolute atomic E-state index is 12.9. The SMILES string of the molecule is CC1CC2(O)CC3CC(CC32)C1OC(=O)N1CCC(n2cc(C#N)ccc2=O)C1. The van der Waals surface area contributed by atoms with Crippen molar-refractivity contribution in [2.75, 3.05) is 13.1 Å². The largest absolute Gasteiger partial charge is 0.446 e. The lowest BCUT2D eigenvalue weighted by Gasteiger charge is -2.50. The average Bonchev–Trinajstić information content (AvgIpc) is 3.30. The fourth-order valence-corrected chi connectivity index (χ4v) is 6.53. The Balaban J connectivity index is 1.27. The van der Waals surface area contributed by atoms with Crippen LogP contribution in [0.15, 0.2) is 23.1 Å². The van der Waals surface area contributed by atoms with Crippen molar-refractivity contribution in [2.45, 2.75) is 56.8 Å². The topological polar surface area (TPSA) is 95.6 Å². The molecule has 1 aliphatic heterocycles. The van der Waals surface area contributed by atoms with Crippen LogP contribution in [0, 0.1) is 35.0 Å². The van der Waals surface area contributed by atoms with Crippen molar-refractivity contribution in [1.29, 1.82) is 5.26 Å². The van der Waals surface area contributed by atoms with Gasteiger partial charge in [0, 0.05) is 25.4 Å². The fourth-order valence-electron chi connectivity index (χ4n) is 6.53. The molecule has 4 fully saturated rings. The van der Waals surface area contributed by atoms with Gasteiger partial charge in [-0.1, -0.05) is 6.92 Å². The Kier molecular flexibility index (Phi) is 4.25. The van der Waals surface area contributed by atoms with E-state index in [1.807, 2.05) is 0 Å². The molecule has 1 aromatic rings. The summed E-state index contributed by atoms with van der Waals surface area (Å²) in [6.07, 6.45) is 5.40. The normalized spacial score (nSPS) is 40.1.